The number of thiophene rings is 1. The first-order valence-corrected chi connectivity index (χ1v) is 9.09. The monoisotopic (exact) mass is 375 g/mol. The third kappa shape index (κ3) is 2.50. The summed E-state index contributed by atoms with van der Waals surface area (Å²) >= 11 is 4.47. The van der Waals surface area contributed by atoms with Crippen LogP contribution in [0.1, 0.15) is 56.0 Å². The molecule has 1 nitrogen and oxygen atoms in total. The van der Waals surface area contributed by atoms with Gasteiger partial charge in [0.05, 0.1) is 2.88 Å². The molecule has 100 valence electrons. The molecule has 0 spiro atoms. The molecular formula is C15H22INS. The van der Waals surface area contributed by atoms with E-state index in [1.807, 2.05) is 11.3 Å². The summed E-state index contributed by atoms with van der Waals surface area (Å²) in [5.41, 5.74) is 1.61. The van der Waals surface area contributed by atoms with E-state index in [0.717, 1.165) is 17.9 Å². The highest BCUT2D eigenvalue weighted by Crippen LogP contribution is 2.39. The van der Waals surface area contributed by atoms with Gasteiger partial charge in [-0.2, -0.15) is 0 Å². The van der Waals surface area contributed by atoms with Crippen LogP contribution in [-0.4, -0.2) is 6.04 Å². The van der Waals surface area contributed by atoms with Crippen LogP contribution in [0.5, 0.6) is 0 Å². The van der Waals surface area contributed by atoms with Crippen molar-refractivity contribution in [3.05, 3.63) is 19.4 Å². The van der Waals surface area contributed by atoms with E-state index in [4.69, 9.17) is 0 Å². The lowest BCUT2D eigenvalue weighted by Gasteiger charge is -2.29. The summed E-state index contributed by atoms with van der Waals surface area (Å²) < 4.78 is 1.46. The second-order valence-electron chi connectivity index (χ2n) is 6.06. The van der Waals surface area contributed by atoms with Crippen LogP contribution >= 0.6 is 33.9 Å². The molecule has 1 heterocycles. The number of nitrogens with one attached hydrogen (secondary N) is 1. The number of halogens is 1. The third-order valence-corrected chi connectivity index (χ3v) is 6.94. The van der Waals surface area contributed by atoms with E-state index in [0.29, 0.717) is 6.04 Å². The van der Waals surface area contributed by atoms with E-state index >= 15 is 0 Å². The summed E-state index contributed by atoms with van der Waals surface area (Å²) in [6.45, 7) is 4.84. The Morgan fingerprint density at radius 2 is 2.11 bits per heavy atom. The average molecular weight is 375 g/mol. The predicted molar refractivity (Wildman–Crippen MR) is 87.2 cm³/mol. The van der Waals surface area contributed by atoms with Crippen molar-refractivity contribution in [1.82, 2.24) is 5.32 Å². The van der Waals surface area contributed by atoms with Crippen LogP contribution in [0, 0.1) is 14.7 Å². The lowest BCUT2D eigenvalue weighted by atomic mass is 9.91. The summed E-state index contributed by atoms with van der Waals surface area (Å²) in [6, 6.07) is 3.79. The molecule has 1 aromatic heterocycles. The zero-order chi connectivity index (χ0) is 12.7. The van der Waals surface area contributed by atoms with Crippen molar-refractivity contribution in [1.29, 1.82) is 0 Å². The first kappa shape index (κ1) is 13.4. The molecule has 4 atom stereocenters. The molecule has 4 unspecified atom stereocenters. The molecule has 3 rings (SSSR count). The minimum Gasteiger partial charge on any atom is -0.307 e. The standard InChI is InChI=1S/C15H22INS/c1-9-6-7-12(10(9)2)17-13-4-3-5-14-11(13)8-15(16)18-14/h8-10,12-13,17H,3-7H2,1-2H3. The van der Waals surface area contributed by atoms with Gasteiger partial charge in [-0.05, 0) is 78.2 Å². The molecule has 0 aromatic carbocycles. The van der Waals surface area contributed by atoms with Crippen LogP contribution in [0.2, 0.25) is 0 Å². The normalized spacial score (nSPS) is 35.7. The maximum atomic E-state index is 3.97. The maximum absolute atomic E-state index is 3.97. The highest BCUT2D eigenvalue weighted by Gasteiger charge is 2.32. The average Bonchev–Trinajstić information content (AvgIpc) is 2.86. The van der Waals surface area contributed by atoms with E-state index in [9.17, 15) is 0 Å². The molecular weight excluding hydrogens is 353 g/mol. The molecule has 1 aromatic rings. The minimum absolute atomic E-state index is 0.631. The van der Waals surface area contributed by atoms with Gasteiger partial charge < -0.3 is 5.32 Å². The Bertz CT molecular complexity index is 428. The van der Waals surface area contributed by atoms with Gasteiger partial charge in [0.15, 0.2) is 0 Å². The third-order valence-electron chi connectivity index (χ3n) is 4.96. The molecule has 2 aliphatic rings. The van der Waals surface area contributed by atoms with Crippen LogP contribution in [0.3, 0.4) is 0 Å². The molecule has 1 saturated carbocycles. The minimum atomic E-state index is 0.631. The first-order valence-electron chi connectivity index (χ1n) is 7.19. The Morgan fingerprint density at radius 3 is 2.83 bits per heavy atom. The van der Waals surface area contributed by atoms with E-state index in [1.165, 1.54) is 35.0 Å². The van der Waals surface area contributed by atoms with Gasteiger partial charge in [-0.15, -0.1) is 11.3 Å². The SMILES string of the molecule is CC1CCC(NC2CCCc3sc(I)cc32)C1C. The van der Waals surface area contributed by atoms with Crippen molar-refractivity contribution >= 4 is 33.9 Å². The van der Waals surface area contributed by atoms with Crippen molar-refractivity contribution in [3.63, 3.8) is 0 Å². The summed E-state index contributed by atoms with van der Waals surface area (Å²) in [6.07, 6.45) is 6.77. The molecule has 2 aliphatic carbocycles. The first-order chi connectivity index (χ1) is 8.65. The molecule has 3 heteroatoms. The molecule has 0 radical (unpaired) electrons. The van der Waals surface area contributed by atoms with E-state index in [1.54, 1.807) is 10.4 Å². The van der Waals surface area contributed by atoms with Crippen molar-refractivity contribution in [2.45, 2.75) is 58.0 Å². The molecule has 1 N–H and O–H groups in total. The zero-order valence-electron chi connectivity index (χ0n) is 11.2. The van der Waals surface area contributed by atoms with Crippen LogP contribution in [0.15, 0.2) is 6.07 Å². The maximum Gasteiger partial charge on any atom is 0.0659 e. The van der Waals surface area contributed by atoms with Gasteiger partial charge in [-0.3, -0.25) is 0 Å². The van der Waals surface area contributed by atoms with Crippen molar-refractivity contribution in [2.75, 3.05) is 0 Å². The van der Waals surface area contributed by atoms with Gasteiger partial charge >= 0.3 is 0 Å². The van der Waals surface area contributed by atoms with Gasteiger partial charge in [0.25, 0.3) is 0 Å². The smallest absolute Gasteiger partial charge is 0.0659 e. The molecule has 1 fully saturated rings. The summed E-state index contributed by atoms with van der Waals surface area (Å²) in [7, 11) is 0. The van der Waals surface area contributed by atoms with Crippen LogP contribution < -0.4 is 5.32 Å². The van der Waals surface area contributed by atoms with Crippen LogP contribution in [-0.2, 0) is 6.42 Å². The number of aryl methyl sites for hydroxylation is 1. The van der Waals surface area contributed by atoms with Crippen LogP contribution in [0.4, 0.5) is 0 Å². The van der Waals surface area contributed by atoms with E-state index in [-0.39, 0.29) is 0 Å². The Kier molecular flexibility index (Phi) is 4.02. The molecule has 18 heavy (non-hydrogen) atoms. The highest BCUT2D eigenvalue weighted by molar-refractivity contribution is 14.1. The second-order valence-corrected chi connectivity index (χ2v) is 9.09. The molecule has 0 amide bonds. The highest BCUT2D eigenvalue weighted by atomic mass is 127. The fourth-order valence-electron chi connectivity index (χ4n) is 3.55. The van der Waals surface area contributed by atoms with Crippen LogP contribution in [0.25, 0.3) is 0 Å². The Morgan fingerprint density at radius 1 is 1.28 bits per heavy atom. The molecule has 0 bridgehead atoms. The quantitative estimate of drug-likeness (QED) is 0.736. The summed E-state index contributed by atoms with van der Waals surface area (Å²) in [5.74, 6) is 1.74. The van der Waals surface area contributed by atoms with Gasteiger partial charge in [0, 0.05) is 17.0 Å². The largest absolute Gasteiger partial charge is 0.307 e. The lowest BCUT2D eigenvalue weighted by Crippen LogP contribution is -2.36. The summed E-state index contributed by atoms with van der Waals surface area (Å²) in [4.78, 5) is 1.64. The van der Waals surface area contributed by atoms with Gasteiger partial charge in [-0.25, -0.2) is 0 Å². The molecule has 0 aliphatic heterocycles. The zero-order valence-corrected chi connectivity index (χ0v) is 14.2. The number of hydrogen-bond donors (Lipinski definition) is 1. The van der Waals surface area contributed by atoms with Gasteiger partial charge in [0.2, 0.25) is 0 Å². The van der Waals surface area contributed by atoms with E-state index in [2.05, 4.69) is 47.8 Å². The van der Waals surface area contributed by atoms with E-state index < -0.39 is 0 Å². The van der Waals surface area contributed by atoms with Gasteiger partial charge in [-0.1, -0.05) is 13.8 Å². The Labute approximate surface area is 128 Å². The second kappa shape index (κ2) is 5.41. The number of fused-ring (bicyclic) bond motifs is 1. The summed E-state index contributed by atoms with van der Waals surface area (Å²) in [5, 5.41) is 3.97. The predicted octanol–water partition coefficient (Wildman–Crippen LogP) is 4.75. The molecule has 0 saturated heterocycles. The van der Waals surface area contributed by atoms with Crippen molar-refractivity contribution < 1.29 is 0 Å². The number of rotatable bonds is 2. The fourth-order valence-corrected chi connectivity index (χ4v) is 5.67. The fraction of sp³-hybridized carbons (Fsp3) is 0.733. The number of hydrogen-bond acceptors (Lipinski definition) is 2. The lowest BCUT2D eigenvalue weighted by molar-refractivity contribution is 0.323. The van der Waals surface area contributed by atoms with Gasteiger partial charge in [0.1, 0.15) is 0 Å². The topological polar surface area (TPSA) is 12.0 Å². The van der Waals surface area contributed by atoms with Crippen molar-refractivity contribution in [2.24, 2.45) is 11.8 Å². The Hall–Kier alpha value is 0.390. The Balaban J connectivity index is 1.74. The van der Waals surface area contributed by atoms with Crippen molar-refractivity contribution in [3.8, 4) is 0 Å².